The minimum absolute atomic E-state index is 0.0256. The predicted molar refractivity (Wildman–Crippen MR) is 437 cm³/mol. The largest absolute Gasteiger partial charge is 0.491 e. The molecule has 0 saturated carbocycles. The van der Waals surface area contributed by atoms with Crippen molar-refractivity contribution in [2.75, 3.05) is 37.1 Å². The summed E-state index contributed by atoms with van der Waals surface area (Å²) in [5, 5.41) is 8.30. The summed E-state index contributed by atoms with van der Waals surface area (Å²) in [5.74, 6) is -1.69. The summed E-state index contributed by atoms with van der Waals surface area (Å²) in [5.41, 5.74) is 3.94. The fourth-order valence-electron chi connectivity index (χ4n) is 15.0. The van der Waals surface area contributed by atoms with Crippen LogP contribution in [-0.2, 0) is 40.7 Å². The van der Waals surface area contributed by atoms with E-state index in [-0.39, 0.29) is 115 Å². The molecule has 18 nitrogen and oxygen atoms in total. The van der Waals surface area contributed by atoms with E-state index in [1.807, 2.05) is 125 Å². The molecule has 112 heavy (non-hydrogen) atoms. The number of rotatable bonds is 24. The number of fused-ring (bicyclic) bond motifs is 2. The first-order valence-electron chi connectivity index (χ1n) is 38.7. The first kappa shape index (κ1) is 76.0. The highest BCUT2D eigenvalue weighted by atomic mass is 16.6. The number of hydrogen-bond acceptors (Lipinski definition) is 14. The van der Waals surface area contributed by atoms with Crippen LogP contribution in [0.2, 0.25) is 0 Å². The van der Waals surface area contributed by atoms with E-state index in [2.05, 4.69) is 93.7 Å². The lowest BCUT2D eigenvalue weighted by molar-refractivity contribution is -0.121. The maximum atomic E-state index is 16.6. The number of benzene rings is 11. The van der Waals surface area contributed by atoms with Crippen molar-refractivity contribution in [3.8, 4) is 57.5 Å². The Morgan fingerprint density at radius 2 is 0.589 bits per heavy atom. The number of amides is 6. The van der Waals surface area contributed by atoms with Crippen molar-refractivity contribution < 1.29 is 66.7 Å². The van der Waals surface area contributed by atoms with Crippen molar-refractivity contribution in [3.63, 3.8) is 0 Å². The van der Waals surface area contributed by atoms with Gasteiger partial charge in [-0.15, -0.1) is 0 Å². The van der Waals surface area contributed by atoms with E-state index in [1.54, 1.807) is 72.8 Å². The number of carbonyl (C=O) groups excluding carboxylic acids is 6. The molecule has 4 atom stereocenters. The van der Waals surface area contributed by atoms with Gasteiger partial charge in [-0.05, 0) is 190 Å². The molecule has 18 heteroatoms. The third-order valence-corrected chi connectivity index (χ3v) is 21.3. The lowest BCUT2D eigenvalue weighted by Gasteiger charge is -2.36. The third-order valence-electron chi connectivity index (χ3n) is 21.3. The van der Waals surface area contributed by atoms with Crippen molar-refractivity contribution in [3.05, 3.63) is 214 Å². The maximum absolute atomic E-state index is 16.6. The van der Waals surface area contributed by atoms with Gasteiger partial charge in [0.2, 0.25) is 11.8 Å². The Morgan fingerprint density at radius 3 is 0.804 bits per heavy atom. The molecular formula is C94H96N4O14. The van der Waals surface area contributed by atoms with Crippen LogP contribution in [0.3, 0.4) is 0 Å². The maximum Gasteiger partial charge on any atom is 0.262 e. The second-order valence-electron chi connectivity index (χ2n) is 35.0. The van der Waals surface area contributed by atoms with E-state index in [0.717, 1.165) is 32.1 Å². The molecule has 11 aromatic rings. The zero-order chi connectivity index (χ0) is 79.4. The second kappa shape index (κ2) is 29.1. The van der Waals surface area contributed by atoms with Crippen molar-refractivity contribution in [2.45, 2.75) is 170 Å². The first-order chi connectivity index (χ1) is 53.1. The second-order valence-corrected chi connectivity index (χ2v) is 35.0. The summed E-state index contributed by atoms with van der Waals surface area (Å²) >= 11 is 0. The molecule has 576 valence electrons. The molecule has 2 fully saturated rings. The van der Waals surface area contributed by atoms with E-state index >= 15 is 28.8 Å². The van der Waals surface area contributed by atoms with E-state index in [0.29, 0.717) is 105 Å². The Labute approximate surface area is 653 Å². The zero-order valence-corrected chi connectivity index (χ0v) is 66.5. The molecule has 0 aromatic heterocycles. The number of nitrogens with one attached hydrogen (secondary N) is 2. The lowest BCUT2D eigenvalue weighted by atomic mass is 9.80. The van der Waals surface area contributed by atoms with E-state index in [1.165, 1.54) is 0 Å². The molecule has 4 aliphatic heterocycles. The van der Waals surface area contributed by atoms with Crippen LogP contribution in [0.4, 0.5) is 11.4 Å². The Morgan fingerprint density at radius 1 is 0.357 bits per heavy atom. The number of hydrogen-bond donors (Lipinski definition) is 2. The standard InChI is InChI=1S/C94H96N4O14/c1-51(2)41-71(85(99)95-57-25-37-59(38-26-57)105-47-65-49-107-65)97-87(101)67-43-73(109-61-29-17-53(18-30-61)91(5,6)7)79-81-75(111-63-33-21-55(22-34-63)93(11,12)13)45-69-78-70(90(104)98(89(69)103)72(42-52(3)4)86(100)96-58-27-39-60(40-28-58)106-48-66-50-108-66)46-76(112-64-35-23-56(24-36-64)94(14,15)16)82(84(78)81)80-74(44-68(88(97)102)77(67)83(79)80)110-62-31-19-54(20-32-62)92(8,9)10/h17-40,43-46,51-52,65-66,71-72H,41-42,47-50H2,1-16H3,(H,95,99)(H,96,100). The molecule has 4 aliphatic rings. The number of ether oxygens (including phenoxy) is 8. The average molecular weight is 1510 g/mol. The van der Waals surface area contributed by atoms with E-state index in [4.69, 9.17) is 37.9 Å². The number of carbonyl (C=O) groups is 6. The van der Waals surface area contributed by atoms with Gasteiger partial charge in [-0.3, -0.25) is 38.6 Å². The average Bonchev–Trinajstić information content (AvgIpc) is 1.03. The van der Waals surface area contributed by atoms with Crippen LogP contribution in [0, 0.1) is 11.8 Å². The Bertz CT molecular complexity index is 4930. The minimum atomic E-state index is -1.37. The van der Waals surface area contributed by atoms with Gasteiger partial charge >= 0.3 is 0 Å². The summed E-state index contributed by atoms with van der Waals surface area (Å²) in [4.78, 5) is 99.3. The van der Waals surface area contributed by atoms with Crippen LogP contribution in [0.15, 0.2) is 170 Å². The van der Waals surface area contributed by atoms with Crippen molar-refractivity contribution in [2.24, 2.45) is 11.8 Å². The van der Waals surface area contributed by atoms with Gasteiger partial charge in [0, 0.05) is 54.5 Å². The highest BCUT2D eigenvalue weighted by Crippen LogP contribution is 2.59. The molecule has 4 heterocycles. The quantitative estimate of drug-likeness (QED) is 0.0249. The van der Waals surface area contributed by atoms with Crippen LogP contribution >= 0.6 is 0 Å². The lowest BCUT2D eigenvalue weighted by Crippen LogP contribution is -2.52. The van der Waals surface area contributed by atoms with Crippen LogP contribution in [-0.4, -0.2) is 96.0 Å². The van der Waals surface area contributed by atoms with Gasteiger partial charge in [0.25, 0.3) is 23.6 Å². The SMILES string of the molecule is CC(C)CC(C(=O)Nc1ccc(OCC2CO2)cc1)N1C(=O)c2cc(Oc3ccc(C(C)(C)C)cc3)c3c4c(Oc5ccc(C(C)(C)C)cc5)cc5c6c(cc(Oc7ccc(C(C)(C)C)cc7)c(c7c(Oc8ccc(C(C)(C)C)cc8)cc(c2c37)C1=O)c64)C(=O)N(C(CC(C)C)C(=O)Nc1ccc(OCC2CO2)cc1)C5=O. The summed E-state index contributed by atoms with van der Waals surface area (Å²) in [7, 11) is 0. The molecular weight excluding hydrogens is 1410 g/mol. The fourth-order valence-corrected chi connectivity index (χ4v) is 15.0. The molecule has 4 unspecified atom stereocenters. The summed E-state index contributed by atoms with van der Waals surface area (Å²) in [6, 6.07) is 48.3. The molecule has 0 radical (unpaired) electrons. The topological polar surface area (TPSA) is 213 Å². The number of nitrogens with zero attached hydrogens (tertiary/aromatic N) is 2. The van der Waals surface area contributed by atoms with Gasteiger partial charge in [0.15, 0.2) is 0 Å². The molecule has 6 amide bonds. The molecule has 11 aromatic carbocycles. The molecule has 0 spiro atoms. The van der Waals surface area contributed by atoms with E-state index in [9.17, 15) is 0 Å². The third kappa shape index (κ3) is 15.2. The van der Waals surface area contributed by atoms with Gasteiger partial charge in [-0.1, -0.05) is 159 Å². The summed E-state index contributed by atoms with van der Waals surface area (Å²) in [6.07, 6.45) is 0.194. The summed E-state index contributed by atoms with van der Waals surface area (Å²) in [6.45, 7) is 35.1. The number of epoxide rings is 2. The molecule has 0 aliphatic carbocycles. The predicted octanol–water partition coefficient (Wildman–Crippen LogP) is 21.0. The van der Waals surface area contributed by atoms with Crippen LogP contribution < -0.4 is 39.1 Å². The smallest absolute Gasteiger partial charge is 0.262 e. The zero-order valence-electron chi connectivity index (χ0n) is 66.5. The molecule has 2 saturated heterocycles. The van der Waals surface area contributed by atoms with Gasteiger partial charge in [-0.25, -0.2) is 0 Å². The minimum Gasteiger partial charge on any atom is -0.491 e. The molecule has 0 bridgehead atoms. The normalized spacial score (nSPS) is 16.2. The van der Waals surface area contributed by atoms with Crippen LogP contribution in [0.5, 0.6) is 57.5 Å². The van der Waals surface area contributed by atoms with Crippen LogP contribution in [0.25, 0.3) is 43.1 Å². The van der Waals surface area contributed by atoms with Crippen LogP contribution in [0.1, 0.15) is 187 Å². The van der Waals surface area contributed by atoms with Crippen molar-refractivity contribution in [1.29, 1.82) is 0 Å². The molecule has 15 rings (SSSR count). The van der Waals surface area contributed by atoms with Gasteiger partial charge in [0.05, 0.1) is 35.5 Å². The number of imide groups is 2. The Kier molecular flexibility index (Phi) is 19.7. The van der Waals surface area contributed by atoms with Gasteiger partial charge in [0.1, 0.15) is 95.0 Å². The fraction of sp³-hybridized carbons (Fsp3) is 0.340. The van der Waals surface area contributed by atoms with Crippen molar-refractivity contribution >= 4 is 89.9 Å². The van der Waals surface area contributed by atoms with E-state index < -0.39 is 47.5 Å². The Balaban J connectivity index is 1.04. The van der Waals surface area contributed by atoms with Crippen molar-refractivity contribution in [1.82, 2.24) is 9.80 Å². The Hall–Kier alpha value is -11.3. The monoisotopic (exact) mass is 1500 g/mol. The first-order valence-corrected chi connectivity index (χ1v) is 38.7. The number of anilines is 2. The van der Waals surface area contributed by atoms with Gasteiger partial charge in [-0.2, -0.15) is 0 Å². The molecule has 2 N–H and O–H groups in total. The van der Waals surface area contributed by atoms with Gasteiger partial charge < -0.3 is 48.5 Å². The summed E-state index contributed by atoms with van der Waals surface area (Å²) < 4.78 is 52.2. The highest BCUT2D eigenvalue weighted by Gasteiger charge is 2.47. The highest BCUT2D eigenvalue weighted by molar-refractivity contribution is 6.45.